The van der Waals surface area contributed by atoms with Crippen molar-refractivity contribution in [1.29, 1.82) is 0 Å². The Morgan fingerprint density at radius 1 is 1.18 bits per heavy atom. The zero-order chi connectivity index (χ0) is 16.1. The van der Waals surface area contributed by atoms with E-state index in [1.54, 1.807) is 12.3 Å². The van der Waals surface area contributed by atoms with Crippen molar-refractivity contribution in [3.8, 4) is 0 Å². The van der Waals surface area contributed by atoms with Crippen molar-refractivity contribution in [2.24, 2.45) is 0 Å². The summed E-state index contributed by atoms with van der Waals surface area (Å²) in [4.78, 5) is 12.1. The highest BCUT2D eigenvalue weighted by atomic mass is 79.9. The van der Waals surface area contributed by atoms with Gasteiger partial charge in [0.05, 0.1) is 5.69 Å². The van der Waals surface area contributed by atoms with Gasteiger partial charge in [0.2, 0.25) is 0 Å². The number of hydrogen-bond acceptors (Lipinski definition) is 2. The van der Waals surface area contributed by atoms with E-state index < -0.39 is 0 Å². The molecule has 114 valence electrons. The van der Waals surface area contributed by atoms with Gasteiger partial charge in [-0.15, -0.1) is 0 Å². The molecule has 0 aliphatic heterocycles. The van der Waals surface area contributed by atoms with Crippen molar-refractivity contribution in [2.75, 3.05) is 5.32 Å². The van der Waals surface area contributed by atoms with Gasteiger partial charge in [0.25, 0.3) is 0 Å². The third-order valence-corrected chi connectivity index (χ3v) is 3.92. The first-order valence-corrected chi connectivity index (χ1v) is 7.79. The number of rotatable bonds is 5. The molecule has 0 radical (unpaired) electrons. The molecular weight excluding hydrogens is 345 g/mol. The fourth-order valence-electron chi connectivity index (χ4n) is 1.94. The van der Waals surface area contributed by atoms with Gasteiger partial charge in [0.1, 0.15) is 5.82 Å². The number of allylic oxidation sites excluding steroid dienone is 1. The van der Waals surface area contributed by atoms with Crippen molar-refractivity contribution < 1.29 is 9.18 Å². The second kappa shape index (κ2) is 7.36. The number of anilines is 1. The minimum absolute atomic E-state index is 0.0824. The molecule has 4 heteroatoms. The van der Waals surface area contributed by atoms with Crippen LogP contribution in [0.25, 0.3) is 0 Å². The van der Waals surface area contributed by atoms with Gasteiger partial charge in [-0.05, 0) is 45.6 Å². The molecule has 0 saturated heterocycles. The van der Waals surface area contributed by atoms with Crippen molar-refractivity contribution in [2.45, 2.75) is 19.8 Å². The lowest BCUT2D eigenvalue weighted by molar-refractivity contribution is 0.104. The summed E-state index contributed by atoms with van der Waals surface area (Å²) < 4.78 is 13.6. The average Bonchev–Trinajstić information content (AvgIpc) is 2.49. The van der Waals surface area contributed by atoms with Crippen LogP contribution >= 0.6 is 15.9 Å². The number of benzene rings is 2. The quantitative estimate of drug-likeness (QED) is 0.561. The Labute approximate surface area is 138 Å². The molecule has 0 spiro atoms. The lowest BCUT2D eigenvalue weighted by Crippen LogP contribution is -1.97. The zero-order valence-corrected chi connectivity index (χ0v) is 14.0. The number of halogens is 2. The van der Waals surface area contributed by atoms with E-state index in [0.717, 1.165) is 0 Å². The van der Waals surface area contributed by atoms with Crippen LogP contribution in [0.4, 0.5) is 10.1 Å². The molecule has 0 heterocycles. The predicted molar refractivity (Wildman–Crippen MR) is 91.7 cm³/mol. The fourth-order valence-corrected chi connectivity index (χ4v) is 2.41. The van der Waals surface area contributed by atoms with Gasteiger partial charge in [-0.25, -0.2) is 4.39 Å². The maximum atomic E-state index is 13.0. The molecule has 0 aliphatic rings. The van der Waals surface area contributed by atoms with Gasteiger partial charge in [0, 0.05) is 22.3 Å². The van der Waals surface area contributed by atoms with E-state index in [1.165, 1.54) is 23.8 Å². The maximum absolute atomic E-state index is 13.0. The van der Waals surface area contributed by atoms with E-state index >= 15 is 0 Å². The van der Waals surface area contributed by atoms with Gasteiger partial charge >= 0.3 is 0 Å². The van der Waals surface area contributed by atoms with Crippen LogP contribution in [0.3, 0.4) is 0 Å². The molecule has 2 nitrogen and oxygen atoms in total. The van der Waals surface area contributed by atoms with Crippen LogP contribution in [0.1, 0.15) is 35.7 Å². The van der Waals surface area contributed by atoms with E-state index in [4.69, 9.17) is 0 Å². The first-order chi connectivity index (χ1) is 10.5. The van der Waals surface area contributed by atoms with E-state index in [2.05, 4.69) is 35.1 Å². The molecule has 0 saturated carbocycles. The Kier molecular flexibility index (Phi) is 5.50. The fraction of sp³-hybridized carbons (Fsp3) is 0.167. The van der Waals surface area contributed by atoms with E-state index in [0.29, 0.717) is 21.6 Å². The number of carbonyl (C=O) groups excluding carboxylic acids is 1. The van der Waals surface area contributed by atoms with Gasteiger partial charge in [-0.1, -0.05) is 38.1 Å². The van der Waals surface area contributed by atoms with Crippen LogP contribution in [-0.4, -0.2) is 5.78 Å². The van der Waals surface area contributed by atoms with Crippen LogP contribution in [-0.2, 0) is 0 Å². The molecule has 1 N–H and O–H groups in total. The van der Waals surface area contributed by atoms with Gasteiger partial charge < -0.3 is 5.32 Å². The molecule has 0 atom stereocenters. The normalized spacial score (nSPS) is 11.1. The first kappa shape index (κ1) is 16.4. The van der Waals surface area contributed by atoms with Gasteiger partial charge in [-0.3, -0.25) is 4.79 Å². The van der Waals surface area contributed by atoms with Crippen LogP contribution in [0.5, 0.6) is 0 Å². The monoisotopic (exact) mass is 361 g/mol. The lowest BCUT2D eigenvalue weighted by atomic mass is 10.0. The number of carbonyl (C=O) groups is 1. The second-order valence-corrected chi connectivity index (χ2v) is 6.10. The summed E-state index contributed by atoms with van der Waals surface area (Å²) in [6, 6.07) is 11.9. The highest BCUT2D eigenvalue weighted by Gasteiger charge is 2.04. The largest absolute Gasteiger partial charge is 0.361 e. The number of hydrogen-bond donors (Lipinski definition) is 1. The molecular formula is C18H17BrFNO. The third kappa shape index (κ3) is 4.28. The topological polar surface area (TPSA) is 29.1 Å². The summed E-state index contributed by atoms with van der Waals surface area (Å²) in [6.07, 6.45) is 3.01. The summed E-state index contributed by atoms with van der Waals surface area (Å²) in [5.41, 5.74) is 2.54. The Balaban J connectivity index is 2.02. The molecule has 0 aliphatic carbocycles. The minimum atomic E-state index is -0.317. The Bertz CT molecular complexity index is 693. The third-order valence-electron chi connectivity index (χ3n) is 3.27. The molecule has 2 aromatic carbocycles. The van der Waals surface area contributed by atoms with Gasteiger partial charge in [0.15, 0.2) is 5.78 Å². The molecule has 0 aromatic heterocycles. The molecule has 0 bridgehead atoms. The van der Waals surface area contributed by atoms with Crippen molar-refractivity contribution >= 4 is 27.4 Å². The standard InChI is InChI=1S/C18H17BrFNO/c1-12(2)13-3-5-14(6-4-13)18(22)9-10-21-17-8-7-15(20)11-16(17)19/h3-12,21H,1-2H3/b10-9+. The Morgan fingerprint density at radius 2 is 1.86 bits per heavy atom. The van der Waals surface area contributed by atoms with E-state index in [1.807, 2.05) is 24.3 Å². The van der Waals surface area contributed by atoms with Crippen molar-refractivity contribution in [1.82, 2.24) is 0 Å². The lowest BCUT2D eigenvalue weighted by Gasteiger charge is -2.05. The molecule has 0 fully saturated rings. The van der Waals surface area contributed by atoms with Crippen LogP contribution < -0.4 is 5.32 Å². The van der Waals surface area contributed by atoms with E-state index in [-0.39, 0.29) is 11.6 Å². The van der Waals surface area contributed by atoms with Gasteiger partial charge in [-0.2, -0.15) is 0 Å². The summed E-state index contributed by atoms with van der Waals surface area (Å²) in [6.45, 7) is 4.22. The zero-order valence-electron chi connectivity index (χ0n) is 12.4. The highest BCUT2D eigenvalue weighted by molar-refractivity contribution is 9.10. The molecule has 0 unspecified atom stereocenters. The summed E-state index contributed by atoms with van der Waals surface area (Å²) in [5.74, 6) is 0.0425. The van der Waals surface area contributed by atoms with Crippen molar-refractivity contribution in [3.63, 3.8) is 0 Å². The molecule has 22 heavy (non-hydrogen) atoms. The number of nitrogens with one attached hydrogen (secondary N) is 1. The number of ketones is 1. The molecule has 0 amide bonds. The minimum Gasteiger partial charge on any atom is -0.361 e. The average molecular weight is 362 g/mol. The molecule has 2 rings (SSSR count). The van der Waals surface area contributed by atoms with Crippen LogP contribution in [0.15, 0.2) is 59.2 Å². The van der Waals surface area contributed by atoms with Crippen molar-refractivity contribution in [3.05, 3.63) is 76.2 Å². The van der Waals surface area contributed by atoms with Crippen LogP contribution in [0.2, 0.25) is 0 Å². The van der Waals surface area contributed by atoms with E-state index in [9.17, 15) is 9.18 Å². The summed E-state index contributed by atoms with van der Waals surface area (Å²) in [5, 5.41) is 2.96. The Morgan fingerprint density at radius 3 is 2.45 bits per heavy atom. The van der Waals surface area contributed by atoms with Crippen LogP contribution in [0, 0.1) is 5.82 Å². The first-order valence-electron chi connectivity index (χ1n) is 7.00. The molecule has 2 aromatic rings. The summed E-state index contributed by atoms with van der Waals surface area (Å²) >= 11 is 3.26. The smallest absolute Gasteiger partial charge is 0.187 e. The SMILES string of the molecule is CC(C)c1ccc(C(=O)/C=C/Nc2ccc(F)cc2Br)cc1. The summed E-state index contributed by atoms with van der Waals surface area (Å²) in [7, 11) is 0. The second-order valence-electron chi connectivity index (χ2n) is 5.24. The highest BCUT2D eigenvalue weighted by Crippen LogP contribution is 2.23. The maximum Gasteiger partial charge on any atom is 0.187 e. The Hall–Kier alpha value is -1.94. The predicted octanol–water partition coefficient (Wildman–Crippen LogP) is 5.52.